The van der Waals surface area contributed by atoms with Gasteiger partial charge in [-0.15, -0.1) is 0 Å². The first-order chi connectivity index (χ1) is 8.39. The van der Waals surface area contributed by atoms with E-state index in [1.807, 2.05) is 20.8 Å². The van der Waals surface area contributed by atoms with E-state index in [-0.39, 0.29) is 17.9 Å². The van der Waals surface area contributed by atoms with Gasteiger partial charge in [-0.25, -0.2) is 0 Å². The Morgan fingerprint density at radius 1 is 1.50 bits per heavy atom. The Bertz CT molecular complexity index is 285. The van der Waals surface area contributed by atoms with E-state index in [1.165, 1.54) is 0 Å². The number of hydrogen-bond acceptors (Lipinski definition) is 4. The second-order valence-electron chi connectivity index (χ2n) is 5.53. The van der Waals surface area contributed by atoms with Crippen molar-refractivity contribution in [3.8, 4) is 0 Å². The fraction of sp³-hybridized carbons (Fsp3) is 0.923. The summed E-state index contributed by atoms with van der Waals surface area (Å²) < 4.78 is 0. The molecule has 3 atom stereocenters. The van der Waals surface area contributed by atoms with Crippen LogP contribution >= 0.6 is 11.8 Å². The number of aliphatic hydroxyl groups excluding tert-OH is 1. The van der Waals surface area contributed by atoms with Gasteiger partial charge >= 0.3 is 5.97 Å². The number of rotatable bonds is 6. The number of aliphatic hydroxyl groups is 1. The largest absolute Gasteiger partial charge is 0.480 e. The Morgan fingerprint density at radius 2 is 2.17 bits per heavy atom. The van der Waals surface area contributed by atoms with Crippen LogP contribution in [0, 0.1) is 0 Å². The molecule has 0 aromatic carbocycles. The van der Waals surface area contributed by atoms with Gasteiger partial charge in [0.2, 0.25) is 0 Å². The molecule has 1 aliphatic rings. The van der Waals surface area contributed by atoms with Gasteiger partial charge in [-0.1, -0.05) is 6.92 Å². The number of hydrogen-bond donors (Lipinski definition) is 3. The van der Waals surface area contributed by atoms with E-state index in [4.69, 9.17) is 5.11 Å². The molecule has 0 spiro atoms. The summed E-state index contributed by atoms with van der Waals surface area (Å²) in [5.74, 6) is -0.738. The highest BCUT2D eigenvalue weighted by Gasteiger charge is 2.43. The normalized spacial score (nSPS) is 30.4. The van der Waals surface area contributed by atoms with Gasteiger partial charge in [0.25, 0.3) is 0 Å². The number of carbonyl (C=O) groups is 1. The summed E-state index contributed by atoms with van der Waals surface area (Å²) in [6.45, 7) is 6.10. The van der Waals surface area contributed by atoms with Crippen LogP contribution in [0.2, 0.25) is 0 Å². The average Bonchev–Trinajstić information content (AvgIpc) is 2.28. The molecule has 106 valence electrons. The summed E-state index contributed by atoms with van der Waals surface area (Å²) in [5.41, 5.74) is -0.779. The van der Waals surface area contributed by atoms with Crippen LogP contribution in [0.4, 0.5) is 0 Å². The van der Waals surface area contributed by atoms with E-state index in [9.17, 15) is 9.90 Å². The van der Waals surface area contributed by atoms with Gasteiger partial charge < -0.3 is 10.2 Å². The predicted molar refractivity (Wildman–Crippen MR) is 75.0 cm³/mol. The molecule has 1 aliphatic carbocycles. The molecule has 0 saturated heterocycles. The van der Waals surface area contributed by atoms with Crippen LogP contribution in [0.25, 0.3) is 0 Å². The van der Waals surface area contributed by atoms with Crippen LogP contribution in [0.1, 0.15) is 46.5 Å². The van der Waals surface area contributed by atoms with Crippen molar-refractivity contribution in [2.24, 2.45) is 0 Å². The summed E-state index contributed by atoms with van der Waals surface area (Å²) >= 11 is 1.71. The highest BCUT2D eigenvalue weighted by molar-refractivity contribution is 8.00. The van der Waals surface area contributed by atoms with Crippen LogP contribution in [0.15, 0.2) is 0 Å². The summed E-state index contributed by atoms with van der Waals surface area (Å²) in [5, 5.41) is 22.4. The monoisotopic (exact) mass is 275 g/mol. The van der Waals surface area contributed by atoms with E-state index >= 15 is 0 Å². The maximum atomic E-state index is 11.6. The molecule has 1 rings (SSSR count). The molecular formula is C13H25NO3S. The van der Waals surface area contributed by atoms with Crippen molar-refractivity contribution in [2.45, 2.75) is 68.5 Å². The molecule has 0 heterocycles. The first-order valence-electron chi connectivity index (χ1n) is 6.67. The molecule has 0 aliphatic heterocycles. The molecule has 1 saturated carbocycles. The van der Waals surface area contributed by atoms with Crippen LogP contribution in [0.5, 0.6) is 0 Å². The minimum Gasteiger partial charge on any atom is -0.480 e. The van der Waals surface area contributed by atoms with Gasteiger partial charge in [0.15, 0.2) is 0 Å². The summed E-state index contributed by atoms with van der Waals surface area (Å²) in [6, 6.07) is 0.167. The van der Waals surface area contributed by atoms with Crippen molar-refractivity contribution < 1.29 is 15.0 Å². The van der Waals surface area contributed by atoms with Crippen molar-refractivity contribution in [1.82, 2.24) is 5.32 Å². The van der Waals surface area contributed by atoms with E-state index in [2.05, 4.69) is 5.32 Å². The quantitative estimate of drug-likeness (QED) is 0.690. The molecular weight excluding hydrogens is 250 g/mol. The Kier molecular flexibility index (Phi) is 5.95. The van der Waals surface area contributed by atoms with Crippen LogP contribution in [-0.4, -0.2) is 44.9 Å². The third-order valence-corrected chi connectivity index (χ3v) is 4.76. The summed E-state index contributed by atoms with van der Waals surface area (Å²) in [4.78, 5) is 11.6. The van der Waals surface area contributed by atoms with Gasteiger partial charge in [0.05, 0.1) is 6.61 Å². The third-order valence-electron chi connectivity index (χ3n) is 3.36. The molecule has 0 amide bonds. The van der Waals surface area contributed by atoms with Crippen molar-refractivity contribution in [3.05, 3.63) is 0 Å². The second-order valence-corrected chi connectivity index (χ2v) is 7.28. The number of carboxylic acid groups (broad SMARTS) is 1. The van der Waals surface area contributed by atoms with Crippen LogP contribution in [0.3, 0.4) is 0 Å². The summed E-state index contributed by atoms with van der Waals surface area (Å²) in [7, 11) is 0. The average molecular weight is 275 g/mol. The smallest absolute Gasteiger partial charge is 0.323 e. The lowest BCUT2D eigenvalue weighted by Crippen LogP contribution is -2.57. The molecule has 18 heavy (non-hydrogen) atoms. The predicted octanol–water partition coefficient (Wildman–Crippen LogP) is 1.86. The number of thioether (sulfide) groups is 1. The van der Waals surface area contributed by atoms with Crippen LogP contribution in [-0.2, 0) is 4.79 Å². The van der Waals surface area contributed by atoms with Gasteiger partial charge in [-0.05, 0) is 39.5 Å². The minimum absolute atomic E-state index is 0.152. The zero-order chi connectivity index (χ0) is 13.8. The van der Waals surface area contributed by atoms with Gasteiger partial charge in [-0.2, -0.15) is 11.8 Å². The van der Waals surface area contributed by atoms with Crippen LogP contribution < -0.4 is 5.32 Å². The fourth-order valence-corrected chi connectivity index (χ4v) is 4.08. The van der Waals surface area contributed by atoms with E-state index < -0.39 is 11.5 Å². The third kappa shape index (κ3) is 4.14. The van der Waals surface area contributed by atoms with E-state index in [0.717, 1.165) is 12.8 Å². The highest BCUT2D eigenvalue weighted by Crippen LogP contribution is 2.37. The van der Waals surface area contributed by atoms with Crippen molar-refractivity contribution in [2.75, 3.05) is 6.61 Å². The first kappa shape index (κ1) is 15.8. The number of carboxylic acids is 1. The Labute approximate surface area is 114 Å². The maximum Gasteiger partial charge on any atom is 0.323 e. The molecule has 0 radical (unpaired) electrons. The van der Waals surface area contributed by atoms with Gasteiger partial charge in [-0.3, -0.25) is 10.1 Å². The van der Waals surface area contributed by atoms with Crippen molar-refractivity contribution >= 4 is 17.7 Å². The Balaban J connectivity index is 2.70. The standard InChI is InChI=1S/C13H25NO3S/c1-9(2)14-13(12(16)17)6-4-5-11(7-13)18-10(3)8-15/h9-11,14-15H,4-8H2,1-3H3,(H,16,17). The minimum atomic E-state index is -0.779. The van der Waals surface area contributed by atoms with Crippen molar-refractivity contribution in [1.29, 1.82) is 0 Å². The second kappa shape index (κ2) is 6.78. The lowest BCUT2D eigenvalue weighted by atomic mass is 9.81. The Morgan fingerprint density at radius 3 is 2.67 bits per heavy atom. The molecule has 3 N–H and O–H groups in total. The zero-order valence-electron chi connectivity index (χ0n) is 11.5. The number of nitrogens with one attached hydrogen (secondary N) is 1. The van der Waals surface area contributed by atoms with E-state index in [1.54, 1.807) is 11.8 Å². The first-order valence-corrected chi connectivity index (χ1v) is 7.61. The maximum absolute atomic E-state index is 11.6. The van der Waals surface area contributed by atoms with Gasteiger partial charge in [0, 0.05) is 16.5 Å². The molecule has 1 fully saturated rings. The fourth-order valence-electron chi connectivity index (χ4n) is 2.65. The van der Waals surface area contributed by atoms with Crippen molar-refractivity contribution in [3.63, 3.8) is 0 Å². The van der Waals surface area contributed by atoms with E-state index in [0.29, 0.717) is 18.1 Å². The molecule has 0 aromatic rings. The molecule has 0 bridgehead atoms. The topological polar surface area (TPSA) is 69.6 Å². The highest BCUT2D eigenvalue weighted by atomic mass is 32.2. The molecule has 3 unspecified atom stereocenters. The van der Waals surface area contributed by atoms with Gasteiger partial charge in [0.1, 0.15) is 5.54 Å². The number of aliphatic carboxylic acids is 1. The molecule has 0 aromatic heterocycles. The molecule has 4 nitrogen and oxygen atoms in total. The lowest BCUT2D eigenvalue weighted by molar-refractivity contribution is -0.146. The Hall–Kier alpha value is -0.260. The summed E-state index contributed by atoms with van der Waals surface area (Å²) in [6.07, 6.45) is 3.33. The molecule has 5 heteroatoms. The lowest BCUT2D eigenvalue weighted by Gasteiger charge is -2.40. The zero-order valence-corrected chi connectivity index (χ0v) is 12.3. The SMILES string of the molecule is CC(C)NC1(C(=O)O)CCCC(SC(C)CO)C1.